The van der Waals surface area contributed by atoms with Gasteiger partial charge in [0.05, 0.1) is 11.6 Å². The minimum Gasteiger partial charge on any atom is -0.506 e. The molecule has 0 atom stereocenters. The Kier molecular flexibility index (Phi) is 3.20. The van der Waals surface area contributed by atoms with Crippen LogP contribution in [0.15, 0.2) is 30.3 Å². The molecule has 2 aromatic carbocycles. The van der Waals surface area contributed by atoms with Crippen LogP contribution in [0.25, 0.3) is 10.8 Å². The SMILES string of the molecule is CCCOc1cc(Cl)c(O)c2ccccc12. The van der Waals surface area contributed by atoms with Gasteiger partial charge in [0.2, 0.25) is 0 Å². The number of hydrogen-bond donors (Lipinski definition) is 1. The van der Waals surface area contributed by atoms with E-state index >= 15 is 0 Å². The molecule has 2 aromatic rings. The molecule has 0 radical (unpaired) electrons. The molecule has 3 heteroatoms. The smallest absolute Gasteiger partial charge is 0.142 e. The largest absolute Gasteiger partial charge is 0.506 e. The monoisotopic (exact) mass is 236 g/mol. The lowest BCUT2D eigenvalue weighted by molar-refractivity contribution is 0.321. The second-order valence-corrected chi connectivity index (χ2v) is 4.01. The Labute approximate surface area is 99.4 Å². The molecule has 0 aliphatic rings. The fourth-order valence-electron chi connectivity index (χ4n) is 1.63. The van der Waals surface area contributed by atoms with E-state index in [-0.39, 0.29) is 5.75 Å². The highest BCUT2D eigenvalue weighted by molar-refractivity contribution is 6.33. The average Bonchev–Trinajstić information content (AvgIpc) is 2.32. The van der Waals surface area contributed by atoms with Crippen LogP contribution in [0.3, 0.4) is 0 Å². The summed E-state index contributed by atoms with van der Waals surface area (Å²) in [6.07, 6.45) is 0.937. The number of phenols is 1. The van der Waals surface area contributed by atoms with Gasteiger partial charge in [-0.2, -0.15) is 0 Å². The van der Waals surface area contributed by atoms with Crippen molar-refractivity contribution >= 4 is 22.4 Å². The van der Waals surface area contributed by atoms with E-state index in [2.05, 4.69) is 0 Å². The summed E-state index contributed by atoms with van der Waals surface area (Å²) in [5, 5.41) is 11.8. The number of rotatable bonds is 3. The molecule has 2 rings (SSSR count). The highest BCUT2D eigenvalue weighted by Gasteiger charge is 2.10. The van der Waals surface area contributed by atoms with Crippen LogP contribution in [0.2, 0.25) is 5.02 Å². The number of ether oxygens (including phenoxy) is 1. The Morgan fingerprint density at radius 1 is 1.25 bits per heavy atom. The van der Waals surface area contributed by atoms with Crippen molar-refractivity contribution in [2.45, 2.75) is 13.3 Å². The molecule has 0 unspecified atom stereocenters. The van der Waals surface area contributed by atoms with Crippen LogP contribution in [0.1, 0.15) is 13.3 Å². The Balaban J connectivity index is 2.60. The molecule has 1 N–H and O–H groups in total. The topological polar surface area (TPSA) is 29.5 Å². The summed E-state index contributed by atoms with van der Waals surface area (Å²) >= 11 is 5.94. The first-order valence-electron chi connectivity index (χ1n) is 5.27. The van der Waals surface area contributed by atoms with Gasteiger partial charge in [0.1, 0.15) is 11.5 Å². The first-order valence-corrected chi connectivity index (χ1v) is 5.65. The summed E-state index contributed by atoms with van der Waals surface area (Å²) in [6, 6.07) is 9.18. The fraction of sp³-hybridized carbons (Fsp3) is 0.231. The van der Waals surface area contributed by atoms with Crippen molar-refractivity contribution in [1.82, 2.24) is 0 Å². The zero-order valence-electron chi connectivity index (χ0n) is 9.03. The molecule has 0 aromatic heterocycles. The van der Waals surface area contributed by atoms with Gasteiger partial charge in [-0.05, 0) is 6.42 Å². The fourth-order valence-corrected chi connectivity index (χ4v) is 1.83. The van der Waals surface area contributed by atoms with Crippen LogP contribution in [0.4, 0.5) is 0 Å². The van der Waals surface area contributed by atoms with Crippen LogP contribution in [0.5, 0.6) is 11.5 Å². The van der Waals surface area contributed by atoms with Gasteiger partial charge in [0.25, 0.3) is 0 Å². The number of benzene rings is 2. The summed E-state index contributed by atoms with van der Waals surface area (Å²) < 4.78 is 5.61. The zero-order valence-corrected chi connectivity index (χ0v) is 9.79. The van der Waals surface area contributed by atoms with E-state index in [1.807, 2.05) is 31.2 Å². The van der Waals surface area contributed by atoms with Crippen LogP contribution in [-0.4, -0.2) is 11.7 Å². The van der Waals surface area contributed by atoms with E-state index in [0.717, 1.165) is 22.9 Å². The first-order chi connectivity index (χ1) is 7.74. The molecule has 16 heavy (non-hydrogen) atoms. The van der Waals surface area contributed by atoms with Crippen LogP contribution in [-0.2, 0) is 0 Å². The lowest BCUT2D eigenvalue weighted by atomic mass is 10.1. The average molecular weight is 237 g/mol. The molecule has 0 fully saturated rings. The van der Waals surface area contributed by atoms with Crippen molar-refractivity contribution < 1.29 is 9.84 Å². The van der Waals surface area contributed by atoms with E-state index in [4.69, 9.17) is 16.3 Å². The van der Waals surface area contributed by atoms with Gasteiger partial charge in [-0.1, -0.05) is 42.8 Å². The van der Waals surface area contributed by atoms with Gasteiger partial charge >= 0.3 is 0 Å². The van der Waals surface area contributed by atoms with Gasteiger partial charge in [-0.25, -0.2) is 0 Å². The lowest BCUT2D eigenvalue weighted by Gasteiger charge is -2.10. The Morgan fingerprint density at radius 3 is 2.62 bits per heavy atom. The molecule has 0 bridgehead atoms. The number of aromatic hydroxyl groups is 1. The predicted molar refractivity (Wildman–Crippen MR) is 66.4 cm³/mol. The van der Waals surface area contributed by atoms with Gasteiger partial charge in [-0.3, -0.25) is 0 Å². The van der Waals surface area contributed by atoms with Crippen molar-refractivity contribution in [3.8, 4) is 11.5 Å². The van der Waals surface area contributed by atoms with Crippen molar-refractivity contribution in [3.63, 3.8) is 0 Å². The lowest BCUT2D eigenvalue weighted by Crippen LogP contribution is -1.95. The maximum absolute atomic E-state index is 9.82. The summed E-state index contributed by atoms with van der Waals surface area (Å²) in [6.45, 7) is 2.69. The maximum Gasteiger partial charge on any atom is 0.142 e. The van der Waals surface area contributed by atoms with E-state index in [0.29, 0.717) is 11.6 Å². The van der Waals surface area contributed by atoms with Gasteiger partial charge in [0.15, 0.2) is 0 Å². The van der Waals surface area contributed by atoms with E-state index < -0.39 is 0 Å². The second-order valence-electron chi connectivity index (χ2n) is 3.60. The van der Waals surface area contributed by atoms with Crippen LogP contribution >= 0.6 is 11.6 Å². The molecule has 0 saturated heterocycles. The van der Waals surface area contributed by atoms with Crippen molar-refractivity contribution in [2.75, 3.05) is 6.61 Å². The molecule has 0 aliphatic heterocycles. The molecule has 0 aliphatic carbocycles. The molecular weight excluding hydrogens is 224 g/mol. The molecular formula is C13H13ClO2. The summed E-state index contributed by atoms with van der Waals surface area (Å²) in [5.74, 6) is 0.835. The summed E-state index contributed by atoms with van der Waals surface area (Å²) in [5.41, 5.74) is 0. The van der Waals surface area contributed by atoms with Crippen molar-refractivity contribution in [1.29, 1.82) is 0 Å². The number of fused-ring (bicyclic) bond motifs is 1. The normalized spacial score (nSPS) is 10.6. The molecule has 2 nitrogen and oxygen atoms in total. The maximum atomic E-state index is 9.82. The molecule has 0 spiro atoms. The molecule has 0 heterocycles. The van der Waals surface area contributed by atoms with E-state index in [9.17, 15) is 5.11 Å². The summed E-state index contributed by atoms with van der Waals surface area (Å²) in [4.78, 5) is 0. The number of phenolic OH excluding ortho intramolecular Hbond substituents is 1. The Morgan fingerprint density at radius 2 is 1.94 bits per heavy atom. The van der Waals surface area contributed by atoms with E-state index in [1.165, 1.54) is 0 Å². The predicted octanol–water partition coefficient (Wildman–Crippen LogP) is 3.99. The first kappa shape index (κ1) is 11.1. The van der Waals surface area contributed by atoms with Crippen LogP contribution < -0.4 is 4.74 Å². The summed E-state index contributed by atoms with van der Waals surface area (Å²) in [7, 11) is 0. The standard InChI is InChI=1S/C13H13ClO2/c1-2-7-16-12-8-11(14)13(15)10-6-4-3-5-9(10)12/h3-6,8,15H,2,7H2,1H3. The Bertz CT molecular complexity index is 509. The molecule has 84 valence electrons. The number of hydrogen-bond acceptors (Lipinski definition) is 2. The minimum absolute atomic E-state index is 0.112. The van der Waals surface area contributed by atoms with Gasteiger partial charge < -0.3 is 9.84 Å². The third-order valence-electron chi connectivity index (χ3n) is 2.39. The third kappa shape index (κ3) is 1.93. The highest BCUT2D eigenvalue weighted by Crippen LogP contribution is 2.38. The zero-order chi connectivity index (χ0) is 11.5. The van der Waals surface area contributed by atoms with Crippen LogP contribution in [0, 0.1) is 0 Å². The van der Waals surface area contributed by atoms with E-state index in [1.54, 1.807) is 6.07 Å². The van der Waals surface area contributed by atoms with Crippen molar-refractivity contribution in [2.24, 2.45) is 0 Å². The van der Waals surface area contributed by atoms with Gasteiger partial charge in [-0.15, -0.1) is 0 Å². The van der Waals surface area contributed by atoms with Gasteiger partial charge in [0, 0.05) is 16.8 Å². The molecule has 0 saturated carbocycles. The number of halogens is 1. The Hall–Kier alpha value is -1.41. The molecule has 0 amide bonds. The quantitative estimate of drug-likeness (QED) is 0.873. The second kappa shape index (κ2) is 4.62. The minimum atomic E-state index is 0.112. The van der Waals surface area contributed by atoms with Crippen molar-refractivity contribution in [3.05, 3.63) is 35.4 Å². The highest BCUT2D eigenvalue weighted by atomic mass is 35.5. The third-order valence-corrected chi connectivity index (χ3v) is 2.68.